The van der Waals surface area contributed by atoms with E-state index < -0.39 is 0 Å². The molecule has 1 aromatic rings. The molecule has 0 atom stereocenters. The van der Waals surface area contributed by atoms with Crippen LogP contribution in [-0.4, -0.2) is 31.5 Å². The number of terminal acetylenes is 1. The molecule has 1 aromatic carbocycles. The van der Waals surface area contributed by atoms with Crippen LogP contribution in [0.1, 0.15) is 5.56 Å². The summed E-state index contributed by atoms with van der Waals surface area (Å²) in [5, 5.41) is 9.08. The summed E-state index contributed by atoms with van der Waals surface area (Å²) in [7, 11) is 3.19. The van der Waals surface area contributed by atoms with Crippen LogP contribution in [0.3, 0.4) is 0 Å². The number of likely N-dealkylation sites (N-methyl/N-ethyl adjacent to an activating group) is 1. The van der Waals surface area contributed by atoms with Gasteiger partial charge in [0, 0.05) is 14.1 Å². The van der Waals surface area contributed by atoms with E-state index in [0.29, 0.717) is 20.3 Å². The minimum absolute atomic E-state index is 0.0519. The number of carbonyl (C=O) groups excluding carboxylic acids is 1. The Hall–Kier alpha value is -1.76. The lowest BCUT2D eigenvalue weighted by Crippen LogP contribution is -2.22. The van der Waals surface area contributed by atoms with Gasteiger partial charge in [0.05, 0.1) is 8.95 Å². The summed E-state index contributed by atoms with van der Waals surface area (Å²) in [6.07, 6.45) is 6.68. The third-order valence-electron chi connectivity index (χ3n) is 2.39. The quantitative estimate of drug-likeness (QED) is 0.434. The predicted octanol–water partition coefficient (Wildman–Crippen LogP) is 3.22. The van der Waals surface area contributed by atoms with Gasteiger partial charge < -0.3 is 9.64 Å². The molecule has 1 rings (SSSR count). The molecule has 0 aliphatic carbocycles. The number of hydrogen-bond donors (Lipinski definition) is 0. The van der Waals surface area contributed by atoms with E-state index in [1.54, 1.807) is 26.2 Å². The van der Waals surface area contributed by atoms with Crippen LogP contribution in [0.15, 0.2) is 26.7 Å². The molecule has 1 amide bonds. The van der Waals surface area contributed by atoms with Crippen LogP contribution in [0.4, 0.5) is 0 Å². The molecule has 6 heteroatoms. The minimum atomic E-state index is -0.350. The van der Waals surface area contributed by atoms with Crippen molar-refractivity contribution < 1.29 is 9.53 Å². The molecule has 0 radical (unpaired) electrons. The topological polar surface area (TPSA) is 53.3 Å². The predicted molar refractivity (Wildman–Crippen MR) is 88.5 cm³/mol. The SMILES string of the molecule is C#CCOc1c(Br)cc(/C=C(/C#N)C(=O)N(C)C)cc1Br. The zero-order valence-corrected chi connectivity index (χ0v) is 14.7. The average molecular weight is 412 g/mol. The second kappa shape index (κ2) is 7.87. The Balaban J connectivity index is 3.19. The Kier molecular flexibility index (Phi) is 6.48. The number of benzene rings is 1. The summed E-state index contributed by atoms with van der Waals surface area (Å²) in [6, 6.07) is 5.39. The second-order valence-electron chi connectivity index (χ2n) is 4.18. The van der Waals surface area contributed by atoms with Gasteiger partial charge in [-0.3, -0.25) is 4.79 Å². The van der Waals surface area contributed by atoms with Crippen LogP contribution in [0, 0.1) is 23.7 Å². The standard InChI is InChI=1S/C15H12Br2N2O2/c1-4-5-21-14-12(16)7-10(8-13(14)17)6-11(9-18)15(20)19(2)3/h1,6-8H,5H2,2-3H3/b11-6-. The molecule has 0 aliphatic heterocycles. The molecule has 0 unspecified atom stereocenters. The summed E-state index contributed by atoms with van der Waals surface area (Å²) in [5.41, 5.74) is 0.740. The van der Waals surface area contributed by atoms with Gasteiger partial charge in [0.15, 0.2) is 0 Å². The summed E-state index contributed by atoms with van der Waals surface area (Å²) in [5.74, 6) is 2.61. The Morgan fingerprint density at radius 1 is 1.43 bits per heavy atom. The van der Waals surface area contributed by atoms with Crippen LogP contribution in [-0.2, 0) is 4.79 Å². The van der Waals surface area contributed by atoms with Crippen molar-refractivity contribution in [2.24, 2.45) is 0 Å². The second-order valence-corrected chi connectivity index (χ2v) is 5.88. The highest BCUT2D eigenvalue weighted by atomic mass is 79.9. The van der Waals surface area contributed by atoms with Crippen molar-refractivity contribution in [3.05, 3.63) is 32.2 Å². The number of nitriles is 1. The van der Waals surface area contributed by atoms with Crippen molar-refractivity contribution in [1.82, 2.24) is 4.90 Å². The highest BCUT2D eigenvalue weighted by Gasteiger charge is 2.13. The highest BCUT2D eigenvalue weighted by Crippen LogP contribution is 2.35. The summed E-state index contributed by atoms with van der Waals surface area (Å²) < 4.78 is 6.75. The van der Waals surface area contributed by atoms with Crippen molar-refractivity contribution >= 4 is 43.8 Å². The first-order valence-electron chi connectivity index (χ1n) is 5.79. The van der Waals surface area contributed by atoms with Crippen molar-refractivity contribution in [2.75, 3.05) is 20.7 Å². The molecule has 0 saturated heterocycles. The largest absolute Gasteiger partial charge is 0.479 e. The molecule has 0 bridgehead atoms. The maximum absolute atomic E-state index is 11.8. The zero-order chi connectivity index (χ0) is 16.0. The number of rotatable bonds is 4. The molecular weight excluding hydrogens is 400 g/mol. The van der Waals surface area contributed by atoms with E-state index in [9.17, 15) is 4.79 Å². The van der Waals surface area contributed by atoms with E-state index in [1.807, 2.05) is 6.07 Å². The van der Waals surface area contributed by atoms with E-state index in [0.717, 1.165) is 0 Å². The Morgan fingerprint density at radius 3 is 2.43 bits per heavy atom. The summed E-state index contributed by atoms with van der Waals surface area (Å²) >= 11 is 6.75. The van der Waals surface area contributed by atoms with E-state index in [4.69, 9.17) is 16.4 Å². The van der Waals surface area contributed by atoms with Gasteiger partial charge in [-0.15, -0.1) is 6.42 Å². The van der Waals surface area contributed by atoms with Crippen LogP contribution in [0.2, 0.25) is 0 Å². The molecule has 4 nitrogen and oxygen atoms in total. The zero-order valence-electron chi connectivity index (χ0n) is 11.5. The van der Waals surface area contributed by atoms with Crippen molar-refractivity contribution in [2.45, 2.75) is 0 Å². The molecule has 0 heterocycles. The van der Waals surface area contributed by atoms with Gasteiger partial charge >= 0.3 is 0 Å². The Bertz CT molecular complexity index is 644. The van der Waals surface area contributed by atoms with Gasteiger partial charge in [-0.05, 0) is 55.6 Å². The van der Waals surface area contributed by atoms with Gasteiger partial charge in [0.1, 0.15) is 24.0 Å². The number of carbonyl (C=O) groups is 1. The number of ether oxygens (including phenoxy) is 1. The van der Waals surface area contributed by atoms with Crippen LogP contribution in [0.5, 0.6) is 5.75 Å². The fourth-order valence-electron chi connectivity index (χ4n) is 1.46. The molecule has 0 aromatic heterocycles. The molecular formula is C15H12Br2N2O2. The highest BCUT2D eigenvalue weighted by molar-refractivity contribution is 9.11. The lowest BCUT2D eigenvalue weighted by Gasteiger charge is -2.10. The lowest BCUT2D eigenvalue weighted by atomic mass is 10.1. The maximum Gasteiger partial charge on any atom is 0.264 e. The van der Waals surface area contributed by atoms with E-state index >= 15 is 0 Å². The van der Waals surface area contributed by atoms with Crippen molar-refractivity contribution in [3.63, 3.8) is 0 Å². The van der Waals surface area contributed by atoms with Gasteiger partial charge in [-0.25, -0.2) is 0 Å². The number of amides is 1. The third kappa shape index (κ3) is 4.63. The summed E-state index contributed by atoms with van der Waals surface area (Å²) in [4.78, 5) is 13.2. The van der Waals surface area contributed by atoms with Gasteiger partial charge in [-0.2, -0.15) is 5.26 Å². The monoisotopic (exact) mass is 410 g/mol. The molecule has 108 valence electrons. The lowest BCUT2D eigenvalue weighted by molar-refractivity contribution is -0.124. The third-order valence-corrected chi connectivity index (χ3v) is 3.57. The number of halogens is 2. The van der Waals surface area contributed by atoms with Crippen LogP contribution in [0.25, 0.3) is 6.08 Å². The van der Waals surface area contributed by atoms with E-state index in [1.165, 1.54) is 11.0 Å². The normalized spacial score (nSPS) is 10.5. The molecule has 0 fully saturated rings. The summed E-state index contributed by atoms with van der Waals surface area (Å²) in [6.45, 7) is 0.148. The minimum Gasteiger partial charge on any atom is -0.479 e. The van der Waals surface area contributed by atoms with E-state index in [-0.39, 0.29) is 18.1 Å². The first kappa shape index (κ1) is 17.3. The van der Waals surface area contributed by atoms with Crippen molar-refractivity contribution in [3.8, 4) is 24.2 Å². The molecule has 0 N–H and O–H groups in total. The van der Waals surface area contributed by atoms with Gasteiger partial charge in [-0.1, -0.05) is 5.92 Å². The molecule has 0 aliphatic rings. The average Bonchev–Trinajstić information content (AvgIpc) is 2.43. The fourth-order valence-corrected chi connectivity index (χ4v) is 2.91. The van der Waals surface area contributed by atoms with Crippen LogP contribution >= 0.6 is 31.9 Å². The Labute approximate surface area is 140 Å². The van der Waals surface area contributed by atoms with Crippen molar-refractivity contribution in [1.29, 1.82) is 5.26 Å². The van der Waals surface area contributed by atoms with Crippen LogP contribution < -0.4 is 4.74 Å². The van der Waals surface area contributed by atoms with Gasteiger partial charge in [0.25, 0.3) is 5.91 Å². The molecule has 21 heavy (non-hydrogen) atoms. The first-order chi connectivity index (χ1) is 9.90. The molecule has 0 saturated carbocycles. The maximum atomic E-state index is 11.8. The Morgan fingerprint density at radius 2 is 2.00 bits per heavy atom. The number of hydrogen-bond acceptors (Lipinski definition) is 3. The smallest absolute Gasteiger partial charge is 0.264 e. The van der Waals surface area contributed by atoms with Gasteiger partial charge in [0.2, 0.25) is 0 Å². The molecule has 0 spiro atoms. The number of nitrogens with zero attached hydrogens (tertiary/aromatic N) is 2. The van der Waals surface area contributed by atoms with E-state index in [2.05, 4.69) is 37.8 Å². The first-order valence-corrected chi connectivity index (χ1v) is 7.38. The fraction of sp³-hybridized carbons (Fsp3) is 0.200.